The first kappa shape index (κ1) is 19.5. The van der Waals surface area contributed by atoms with E-state index in [1.54, 1.807) is 36.4 Å². The number of nitrogens with one attached hydrogen (secondary N) is 2. The van der Waals surface area contributed by atoms with Crippen molar-refractivity contribution >= 4 is 29.5 Å². The first-order valence-corrected chi connectivity index (χ1v) is 9.12. The molecule has 0 aliphatic carbocycles. The number of piperidine rings is 1. The average Bonchev–Trinajstić information content (AvgIpc) is 2.68. The molecule has 144 valence electrons. The Balaban J connectivity index is 1.69. The molecule has 1 saturated heterocycles. The summed E-state index contributed by atoms with van der Waals surface area (Å²) in [4.78, 5) is 36.0. The molecule has 0 saturated carbocycles. The van der Waals surface area contributed by atoms with Crippen LogP contribution < -0.4 is 10.6 Å². The topological polar surface area (TPSA) is 75.3 Å². The summed E-state index contributed by atoms with van der Waals surface area (Å²) in [5.74, 6) is -1.23. The zero-order chi connectivity index (χ0) is 20.1. The molecular formula is C22H21FN2O3. The molecule has 1 unspecified atom stereocenters. The predicted octanol–water partition coefficient (Wildman–Crippen LogP) is 3.56. The van der Waals surface area contributed by atoms with Crippen LogP contribution in [0, 0.1) is 5.82 Å². The van der Waals surface area contributed by atoms with Gasteiger partial charge in [-0.05, 0) is 54.3 Å². The molecule has 6 heteroatoms. The fourth-order valence-electron chi connectivity index (χ4n) is 3.40. The van der Waals surface area contributed by atoms with Crippen LogP contribution in [-0.2, 0) is 19.8 Å². The van der Waals surface area contributed by atoms with Crippen molar-refractivity contribution in [3.05, 3.63) is 71.6 Å². The molecule has 2 aromatic rings. The largest absolute Gasteiger partial charge is 0.323 e. The number of amides is 3. The average molecular weight is 380 g/mol. The van der Waals surface area contributed by atoms with Gasteiger partial charge >= 0.3 is 0 Å². The summed E-state index contributed by atoms with van der Waals surface area (Å²) in [5.41, 5.74) is 1.26. The highest BCUT2D eigenvalue weighted by Crippen LogP contribution is 2.36. The first-order chi connectivity index (χ1) is 13.4. The van der Waals surface area contributed by atoms with E-state index in [2.05, 4.69) is 10.6 Å². The van der Waals surface area contributed by atoms with Crippen molar-refractivity contribution in [2.24, 2.45) is 0 Å². The molecular weight excluding hydrogens is 359 g/mol. The lowest BCUT2D eigenvalue weighted by atomic mass is 9.72. The Morgan fingerprint density at radius 1 is 1.21 bits per heavy atom. The third-order valence-electron chi connectivity index (χ3n) is 5.05. The van der Waals surface area contributed by atoms with E-state index in [1.165, 1.54) is 24.3 Å². The smallest absolute Gasteiger partial charge is 0.248 e. The lowest BCUT2D eigenvalue weighted by molar-refractivity contribution is -0.138. The summed E-state index contributed by atoms with van der Waals surface area (Å²) >= 11 is 0. The van der Waals surface area contributed by atoms with Crippen LogP contribution >= 0.6 is 0 Å². The van der Waals surface area contributed by atoms with E-state index in [0.717, 1.165) is 5.56 Å². The fraction of sp³-hybridized carbons (Fsp3) is 0.227. The van der Waals surface area contributed by atoms with Gasteiger partial charge in [0.15, 0.2) is 0 Å². The van der Waals surface area contributed by atoms with E-state index in [-0.39, 0.29) is 23.5 Å². The van der Waals surface area contributed by atoms with Crippen molar-refractivity contribution in [3.8, 4) is 0 Å². The molecule has 3 amide bonds. The van der Waals surface area contributed by atoms with E-state index >= 15 is 0 Å². The fourth-order valence-corrected chi connectivity index (χ4v) is 3.40. The molecule has 1 aliphatic rings. The molecule has 0 radical (unpaired) electrons. The number of halogens is 1. The Bertz CT molecular complexity index is 937. The SMILES string of the molecule is CCC1(c2ccc(NC(=O)/C=C/c3cccc(F)c3)cc2)CCC(=O)NC1=O. The van der Waals surface area contributed by atoms with Gasteiger partial charge in [0, 0.05) is 18.2 Å². The van der Waals surface area contributed by atoms with E-state index in [1.807, 2.05) is 6.92 Å². The Labute approximate surface area is 162 Å². The zero-order valence-corrected chi connectivity index (χ0v) is 15.5. The minimum atomic E-state index is -0.728. The van der Waals surface area contributed by atoms with Crippen molar-refractivity contribution in [1.29, 1.82) is 0 Å². The van der Waals surface area contributed by atoms with Crippen molar-refractivity contribution in [3.63, 3.8) is 0 Å². The molecule has 2 aromatic carbocycles. The van der Waals surface area contributed by atoms with E-state index in [4.69, 9.17) is 0 Å². The normalized spacial score (nSPS) is 19.5. The molecule has 2 N–H and O–H groups in total. The third-order valence-corrected chi connectivity index (χ3v) is 5.05. The summed E-state index contributed by atoms with van der Waals surface area (Å²) in [5, 5.41) is 5.15. The summed E-state index contributed by atoms with van der Waals surface area (Å²) in [6, 6.07) is 13.0. The van der Waals surface area contributed by atoms with Crippen LogP contribution in [0.15, 0.2) is 54.6 Å². The van der Waals surface area contributed by atoms with Crippen LogP contribution in [0.1, 0.15) is 37.3 Å². The lowest BCUT2D eigenvalue weighted by Crippen LogP contribution is -2.51. The molecule has 3 rings (SSSR count). The van der Waals surface area contributed by atoms with Crippen molar-refractivity contribution in [2.75, 3.05) is 5.32 Å². The quantitative estimate of drug-likeness (QED) is 0.615. The molecule has 0 bridgehead atoms. The van der Waals surface area contributed by atoms with Gasteiger partial charge in [0.2, 0.25) is 17.7 Å². The number of hydrogen-bond donors (Lipinski definition) is 2. The number of carbonyl (C=O) groups excluding carboxylic acids is 3. The van der Waals surface area contributed by atoms with Gasteiger partial charge in [-0.2, -0.15) is 0 Å². The van der Waals surface area contributed by atoms with Gasteiger partial charge in [-0.1, -0.05) is 31.2 Å². The third kappa shape index (κ3) is 4.17. The van der Waals surface area contributed by atoms with Crippen LogP contribution in [-0.4, -0.2) is 17.7 Å². The summed E-state index contributed by atoms with van der Waals surface area (Å²) < 4.78 is 13.2. The molecule has 0 spiro atoms. The van der Waals surface area contributed by atoms with Gasteiger partial charge < -0.3 is 5.32 Å². The number of carbonyl (C=O) groups is 3. The second-order valence-corrected chi connectivity index (χ2v) is 6.77. The Hall–Kier alpha value is -3.28. The first-order valence-electron chi connectivity index (χ1n) is 9.12. The number of hydrogen-bond acceptors (Lipinski definition) is 3. The van der Waals surface area contributed by atoms with Crippen LogP contribution in [0.5, 0.6) is 0 Å². The maximum atomic E-state index is 13.2. The molecule has 0 aromatic heterocycles. The summed E-state index contributed by atoms with van der Waals surface area (Å²) in [7, 11) is 0. The Morgan fingerprint density at radius 3 is 2.61 bits per heavy atom. The molecule has 1 heterocycles. The molecule has 5 nitrogen and oxygen atoms in total. The van der Waals surface area contributed by atoms with E-state index in [9.17, 15) is 18.8 Å². The van der Waals surface area contributed by atoms with Crippen LogP contribution in [0.4, 0.5) is 10.1 Å². The minimum Gasteiger partial charge on any atom is -0.323 e. The Morgan fingerprint density at radius 2 is 1.96 bits per heavy atom. The van der Waals surface area contributed by atoms with Gasteiger partial charge in [0.05, 0.1) is 5.41 Å². The predicted molar refractivity (Wildman–Crippen MR) is 105 cm³/mol. The second kappa shape index (κ2) is 8.17. The van der Waals surface area contributed by atoms with E-state index in [0.29, 0.717) is 30.5 Å². The van der Waals surface area contributed by atoms with Crippen LogP contribution in [0.25, 0.3) is 6.08 Å². The summed E-state index contributed by atoms with van der Waals surface area (Å²) in [6.45, 7) is 1.92. The monoisotopic (exact) mass is 380 g/mol. The molecule has 1 atom stereocenters. The van der Waals surface area contributed by atoms with Crippen molar-refractivity contribution in [1.82, 2.24) is 5.32 Å². The minimum absolute atomic E-state index is 0.247. The number of rotatable bonds is 5. The maximum absolute atomic E-state index is 13.2. The second-order valence-electron chi connectivity index (χ2n) is 6.77. The van der Waals surface area contributed by atoms with Crippen LogP contribution in [0.3, 0.4) is 0 Å². The highest BCUT2D eigenvalue weighted by Gasteiger charge is 2.42. The molecule has 1 aliphatic heterocycles. The highest BCUT2D eigenvalue weighted by molar-refractivity contribution is 6.04. The van der Waals surface area contributed by atoms with Crippen molar-refractivity contribution in [2.45, 2.75) is 31.6 Å². The standard InChI is InChI=1S/C22H21FN2O3/c1-2-22(13-12-20(27)25-21(22)28)16-7-9-18(10-8-16)24-19(26)11-6-15-4-3-5-17(23)14-15/h3-11,14H,2,12-13H2,1H3,(H,24,26)(H,25,27,28)/b11-6+. The van der Waals surface area contributed by atoms with Gasteiger partial charge in [0.1, 0.15) is 5.82 Å². The van der Waals surface area contributed by atoms with Gasteiger partial charge in [-0.15, -0.1) is 0 Å². The number of benzene rings is 2. The maximum Gasteiger partial charge on any atom is 0.248 e. The van der Waals surface area contributed by atoms with Gasteiger partial charge in [-0.25, -0.2) is 4.39 Å². The number of imide groups is 1. The lowest BCUT2D eigenvalue weighted by Gasteiger charge is -2.35. The van der Waals surface area contributed by atoms with Gasteiger partial charge in [-0.3, -0.25) is 19.7 Å². The van der Waals surface area contributed by atoms with Crippen LogP contribution in [0.2, 0.25) is 0 Å². The Kier molecular flexibility index (Phi) is 5.68. The van der Waals surface area contributed by atoms with E-state index < -0.39 is 5.41 Å². The van der Waals surface area contributed by atoms with Gasteiger partial charge in [0.25, 0.3) is 0 Å². The summed E-state index contributed by atoms with van der Waals surface area (Å²) in [6.07, 6.45) is 4.21. The number of anilines is 1. The van der Waals surface area contributed by atoms with Crippen molar-refractivity contribution < 1.29 is 18.8 Å². The molecule has 28 heavy (non-hydrogen) atoms. The zero-order valence-electron chi connectivity index (χ0n) is 15.5. The molecule has 1 fully saturated rings. The highest BCUT2D eigenvalue weighted by atomic mass is 19.1.